The summed E-state index contributed by atoms with van der Waals surface area (Å²) < 4.78 is 0. The van der Waals surface area contributed by atoms with E-state index in [9.17, 15) is 0 Å². The van der Waals surface area contributed by atoms with E-state index in [1.807, 2.05) is 0 Å². The molecule has 2 aliphatic heterocycles. The Balaban J connectivity index is 1.61. The van der Waals surface area contributed by atoms with Crippen molar-refractivity contribution in [3.63, 3.8) is 0 Å². The first kappa shape index (κ1) is 11.1. The van der Waals surface area contributed by atoms with Crippen LogP contribution in [0.3, 0.4) is 0 Å². The van der Waals surface area contributed by atoms with Gasteiger partial charge < -0.3 is 10.2 Å². The number of nitrogens with zero attached hydrogens (tertiary/aromatic N) is 2. The molecule has 92 valence electrons. The molecular formula is C14H21N3. The maximum absolute atomic E-state index is 3.43. The van der Waals surface area contributed by atoms with Crippen LogP contribution >= 0.6 is 0 Å². The second-order valence-electron chi connectivity index (χ2n) is 5.01. The molecule has 2 aliphatic rings. The standard InChI is InChI=1S/C14H21N3/c1-2-4-13(5-3-1)17-9-6-14(12-17)16-10-7-15-8-11-16/h1-5,14-15H,6-12H2/t14-/m1/s1. The summed E-state index contributed by atoms with van der Waals surface area (Å²) >= 11 is 0. The first-order valence-electron chi connectivity index (χ1n) is 6.68. The van der Waals surface area contributed by atoms with E-state index in [4.69, 9.17) is 0 Å². The molecule has 2 heterocycles. The Morgan fingerprint density at radius 3 is 2.53 bits per heavy atom. The molecule has 0 amide bonds. The van der Waals surface area contributed by atoms with Gasteiger partial charge in [-0.25, -0.2) is 0 Å². The van der Waals surface area contributed by atoms with Gasteiger partial charge in [0.1, 0.15) is 0 Å². The van der Waals surface area contributed by atoms with Gasteiger partial charge in [0, 0.05) is 51.0 Å². The molecule has 0 saturated carbocycles. The Morgan fingerprint density at radius 1 is 1.00 bits per heavy atom. The fraction of sp³-hybridized carbons (Fsp3) is 0.571. The molecule has 3 nitrogen and oxygen atoms in total. The third-order valence-electron chi connectivity index (χ3n) is 3.95. The highest BCUT2D eigenvalue weighted by Gasteiger charge is 2.28. The normalized spacial score (nSPS) is 26.4. The van der Waals surface area contributed by atoms with Crippen molar-refractivity contribution in [3.05, 3.63) is 30.3 Å². The van der Waals surface area contributed by atoms with Gasteiger partial charge in [0.05, 0.1) is 0 Å². The Hall–Kier alpha value is -1.06. The Bertz CT molecular complexity index is 346. The van der Waals surface area contributed by atoms with Crippen molar-refractivity contribution in [3.8, 4) is 0 Å². The van der Waals surface area contributed by atoms with Crippen molar-refractivity contribution in [1.29, 1.82) is 0 Å². The molecule has 3 heteroatoms. The zero-order chi connectivity index (χ0) is 11.5. The maximum Gasteiger partial charge on any atom is 0.0366 e. The fourth-order valence-electron chi connectivity index (χ4n) is 2.96. The highest BCUT2D eigenvalue weighted by molar-refractivity contribution is 5.47. The van der Waals surface area contributed by atoms with Crippen LogP contribution in [0.25, 0.3) is 0 Å². The van der Waals surface area contributed by atoms with Crippen LogP contribution in [0.15, 0.2) is 30.3 Å². The van der Waals surface area contributed by atoms with Gasteiger partial charge in [-0.3, -0.25) is 4.90 Å². The molecule has 1 aromatic carbocycles. The Labute approximate surface area is 103 Å². The van der Waals surface area contributed by atoms with Crippen LogP contribution in [0, 0.1) is 0 Å². The molecule has 1 aromatic rings. The highest BCUT2D eigenvalue weighted by atomic mass is 15.3. The predicted molar refractivity (Wildman–Crippen MR) is 71.5 cm³/mol. The first-order chi connectivity index (χ1) is 8.43. The number of rotatable bonds is 2. The second kappa shape index (κ2) is 5.07. The molecule has 0 unspecified atom stereocenters. The second-order valence-corrected chi connectivity index (χ2v) is 5.01. The lowest BCUT2D eigenvalue weighted by Gasteiger charge is -2.32. The minimum Gasteiger partial charge on any atom is -0.370 e. The van der Waals surface area contributed by atoms with E-state index in [0.29, 0.717) is 0 Å². The van der Waals surface area contributed by atoms with Crippen molar-refractivity contribution in [1.82, 2.24) is 10.2 Å². The van der Waals surface area contributed by atoms with Crippen LogP contribution in [0.5, 0.6) is 0 Å². The first-order valence-corrected chi connectivity index (χ1v) is 6.68. The van der Waals surface area contributed by atoms with Crippen molar-refractivity contribution >= 4 is 5.69 Å². The van der Waals surface area contributed by atoms with Crippen molar-refractivity contribution in [2.24, 2.45) is 0 Å². The van der Waals surface area contributed by atoms with Gasteiger partial charge in [-0.1, -0.05) is 18.2 Å². The third-order valence-corrected chi connectivity index (χ3v) is 3.95. The molecule has 1 N–H and O–H groups in total. The van der Waals surface area contributed by atoms with Gasteiger partial charge in [-0.2, -0.15) is 0 Å². The van der Waals surface area contributed by atoms with Gasteiger partial charge >= 0.3 is 0 Å². The summed E-state index contributed by atoms with van der Waals surface area (Å²) in [5.41, 5.74) is 1.38. The summed E-state index contributed by atoms with van der Waals surface area (Å²) in [7, 11) is 0. The molecule has 17 heavy (non-hydrogen) atoms. The fourth-order valence-corrected chi connectivity index (χ4v) is 2.96. The van der Waals surface area contributed by atoms with Crippen LogP contribution < -0.4 is 10.2 Å². The molecule has 0 spiro atoms. The molecule has 0 radical (unpaired) electrons. The number of hydrogen-bond acceptors (Lipinski definition) is 3. The molecule has 1 atom stereocenters. The lowest BCUT2D eigenvalue weighted by Crippen LogP contribution is -2.49. The van der Waals surface area contributed by atoms with E-state index >= 15 is 0 Å². The minimum atomic E-state index is 0.761. The topological polar surface area (TPSA) is 18.5 Å². The number of piperazine rings is 1. The van der Waals surface area contributed by atoms with Crippen molar-refractivity contribution in [2.75, 3.05) is 44.2 Å². The summed E-state index contributed by atoms with van der Waals surface area (Å²) in [5, 5.41) is 3.43. The zero-order valence-electron chi connectivity index (χ0n) is 10.3. The monoisotopic (exact) mass is 231 g/mol. The molecule has 2 saturated heterocycles. The number of anilines is 1. The average Bonchev–Trinajstić information content (AvgIpc) is 2.90. The minimum absolute atomic E-state index is 0.761. The van der Waals surface area contributed by atoms with Gasteiger partial charge in [0.2, 0.25) is 0 Å². The summed E-state index contributed by atoms with van der Waals surface area (Å²) in [6.45, 7) is 7.15. The molecule has 2 fully saturated rings. The average molecular weight is 231 g/mol. The van der Waals surface area contributed by atoms with E-state index in [1.165, 1.54) is 38.3 Å². The Kier molecular flexibility index (Phi) is 3.29. The summed E-state index contributed by atoms with van der Waals surface area (Å²) in [5.74, 6) is 0. The largest absolute Gasteiger partial charge is 0.370 e. The van der Waals surface area contributed by atoms with E-state index in [1.54, 1.807) is 0 Å². The lowest BCUT2D eigenvalue weighted by molar-refractivity contribution is 0.185. The highest BCUT2D eigenvalue weighted by Crippen LogP contribution is 2.22. The Morgan fingerprint density at radius 2 is 1.76 bits per heavy atom. The number of hydrogen-bond donors (Lipinski definition) is 1. The smallest absolute Gasteiger partial charge is 0.0366 e. The van der Waals surface area contributed by atoms with E-state index < -0.39 is 0 Å². The zero-order valence-corrected chi connectivity index (χ0v) is 10.3. The van der Waals surface area contributed by atoms with Gasteiger partial charge in [-0.05, 0) is 18.6 Å². The molecule has 0 bridgehead atoms. The third kappa shape index (κ3) is 2.45. The molecule has 0 aliphatic carbocycles. The number of nitrogens with one attached hydrogen (secondary N) is 1. The van der Waals surface area contributed by atoms with Crippen LogP contribution in [0.2, 0.25) is 0 Å². The van der Waals surface area contributed by atoms with Crippen LogP contribution in [-0.2, 0) is 0 Å². The maximum atomic E-state index is 3.43. The summed E-state index contributed by atoms with van der Waals surface area (Å²) in [6, 6.07) is 11.6. The summed E-state index contributed by atoms with van der Waals surface area (Å²) in [4.78, 5) is 5.17. The van der Waals surface area contributed by atoms with Crippen LogP contribution in [0.1, 0.15) is 6.42 Å². The predicted octanol–water partition coefficient (Wildman–Crippen LogP) is 1.17. The number of benzene rings is 1. The van der Waals surface area contributed by atoms with Gasteiger partial charge in [-0.15, -0.1) is 0 Å². The van der Waals surface area contributed by atoms with Crippen LogP contribution in [0.4, 0.5) is 5.69 Å². The van der Waals surface area contributed by atoms with Gasteiger partial charge in [0.15, 0.2) is 0 Å². The van der Waals surface area contributed by atoms with Gasteiger partial charge in [0.25, 0.3) is 0 Å². The van der Waals surface area contributed by atoms with Crippen molar-refractivity contribution < 1.29 is 0 Å². The molecular weight excluding hydrogens is 210 g/mol. The van der Waals surface area contributed by atoms with Crippen molar-refractivity contribution in [2.45, 2.75) is 12.5 Å². The van der Waals surface area contributed by atoms with E-state index in [2.05, 4.69) is 45.4 Å². The van der Waals surface area contributed by atoms with E-state index in [-0.39, 0.29) is 0 Å². The van der Waals surface area contributed by atoms with Crippen LogP contribution in [-0.4, -0.2) is 50.2 Å². The number of para-hydroxylation sites is 1. The summed E-state index contributed by atoms with van der Waals surface area (Å²) in [6.07, 6.45) is 1.31. The molecule has 0 aromatic heterocycles. The lowest BCUT2D eigenvalue weighted by atomic mass is 10.2. The quantitative estimate of drug-likeness (QED) is 0.824. The molecule has 3 rings (SSSR count). The van der Waals surface area contributed by atoms with E-state index in [0.717, 1.165) is 19.1 Å². The SMILES string of the molecule is c1ccc(N2CC[C@@H](N3CCNCC3)C2)cc1.